The third kappa shape index (κ3) is 4.41. The smallest absolute Gasteiger partial charge is 0.202 e. The average molecular weight is 425 g/mol. The number of halogens is 1. The van der Waals surface area contributed by atoms with Crippen molar-refractivity contribution < 1.29 is 9.21 Å². The molecule has 29 heavy (non-hydrogen) atoms. The van der Waals surface area contributed by atoms with Crippen LogP contribution in [0.1, 0.15) is 35.0 Å². The van der Waals surface area contributed by atoms with Crippen LogP contribution in [0.25, 0.3) is 11.1 Å². The number of carbonyl (C=O) groups is 1. The second kappa shape index (κ2) is 8.09. The summed E-state index contributed by atoms with van der Waals surface area (Å²) in [6, 6.07) is 17.4. The van der Waals surface area contributed by atoms with Crippen molar-refractivity contribution >= 4 is 34.3 Å². The molecule has 2 N–H and O–H groups in total. The summed E-state index contributed by atoms with van der Waals surface area (Å²) < 4.78 is 5.27. The average Bonchev–Trinajstić information content (AvgIpc) is 3.23. The van der Waals surface area contributed by atoms with Gasteiger partial charge in [-0.25, -0.2) is 0 Å². The molecule has 1 aliphatic heterocycles. The quantitative estimate of drug-likeness (QED) is 0.534. The molecule has 0 amide bonds. The number of hydrogen-bond acceptors (Lipinski definition) is 5. The van der Waals surface area contributed by atoms with Crippen LogP contribution in [0, 0.1) is 0 Å². The van der Waals surface area contributed by atoms with Crippen LogP contribution >= 0.6 is 23.4 Å². The fourth-order valence-electron chi connectivity index (χ4n) is 3.52. The second-order valence-electron chi connectivity index (χ2n) is 7.33. The number of thioether (sulfide) groups is 1. The topological polar surface area (TPSA) is 68.6 Å². The van der Waals surface area contributed by atoms with Crippen molar-refractivity contribution in [3.63, 3.8) is 0 Å². The van der Waals surface area contributed by atoms with Gasteiger partial charge in [-0.2, -0.15) is 0 Å². The highest BCUT2D eigenvalue weighted by Gasteiger charge is 2.30. The number of nitrogens with zero attached hydrogens (tertiary/aromatic N) is 1. The Balaban J connectivity index is 1.78. The Labute approximate surface area is 179 Å². The minimum atomic E-state index is -0.416. The van der Waals surface area contributed by atoms with Crippen molar-refractivity contribution in [2.75, 3.05) is 5.75 Å². The molecule has 0 bridgehead atoms. The summed E-state index contributed by atoms with van der Waals surface area (Å²) in [6.45, 7) is 2.10. The summed E-state index contributed by atoms with van der Waals surface area (Å²) in [5.74, 6) is 1.23. The van der Waals surface area contributed by atoms with E-state index in [4.69, 9.17) is 26.7 Å². The number of hydrogen-bond donors (Lipinski definition) is 1. The van der Waals surface area contributed by atoms with Crippen LogP contribution in [0.2, 0.25) is 5.02 Å². The Morgan fingerprint density at radius 2 is 2.00 bits per heavy atom. The van der Waals surface area contributed by atoms with Gasteiger partial charge in [0, 0.05) is 17.2 Å². The highest BCUT2D eigenvalue weighted by atomic mass is 35.5. The van der Waals surface area contributed by atoms with Gasteiger partial charge in [-0.15, -0.1) is 0 Å². The third-order valence-corrected chi connectivity index (χ3v) is 6.20. The summed E-state index contributed by atoms with van der Waals surface area (Å²) in [7, 11) is 0. The van der Waals surface area contributed by atoms with Crippen molar-refractivity contribution in [3.05, 3.63) is 82.8 Å². The van der Waals surface area contributed by atoms with Crippen molar-refractivity contribution in [1.82, 2.24) is 0 Å². The van der Waals surface area contributed by atoms with E-state index < -0.39 is 5.54 Å². The number of furan rings is 1. The summed E-state index contributed by atoms with van der Waals surface area (Å²) in [5, 5.41) is 1.29. The molecule has 0 spiro atoms. The molecule has 0 radical (unpaired) electrons. The lowest BCUT2D eigenvalue weighted by molar-refractivity contribution is 0.0966. The van der Waals surface area contributed by atoms with E-state index in [1.807, 2.05) is 30.3 Å². The van der Waals surface area contributed by atoms with Gasteiger partial charge in [0.1, 0.15) is 0 Å². The second-order valence-corrected chi connectivity index (χ2v) is 8.88. The van der Waals surface area contributed by atoms with E-state index in [-0.39, 0.29) is 12.2 Å². The Morgan fingerprint density at radius 1 is 1.21 bits per heavy atom. The van der Waals surface area contributed by atoms with Gasteiger partial charge in [0.2, 0.25) is 5.78 Å². The van der Waals surface area contributed by atoms with E-state index in [0.717, 1.165) is 34.4 Å². The van der Waals surface area contributed by atoms with Crippen LogP contribution in [-0.2, 0) is 12.0 Å². The molecule has 0 saturated heterocycles. The van der Waals surface area contributed by atoms with E-state index in [0.29, 0.717) is 16.0 Å². The summed E-state index contributed by atoms with van der Waals surface area (Å²) in [6.07, 6.45) is 2.65. The zero-order chi connectivity index (χ0) is 20.4. The predicted molar refractivity (Wildman–Crippen MR) is 120 cm³/mol. The monoisotopic (exact) mass is 424 g/mol. The van der Waals surface area contributed by atoms with Crippen LogP contribution in [-0.4, -0.2) is 16.7 Å². The molecule has 1 aliphatic rings. The van der Waals surface area contributed by atoms with Crippen LogP contribution in [0.3, 0.4) is 0 Å². The maximum atomic E-state index is 12.6. The third-order valence-electron chi connectivity index (χ3n) is 5.15. The number of Topliss-reactive ketones (excluding diaryl/α,β-unsaturated/α-hetero) is 1. The van der Waals surface area contributed by atoms with Gasteiger partial charge in [0.25, 0.3) is 0 Å². The molecule has 4 nitrogen and oxygen atoms in total. The van der Waals surface area contributed by atoms with Crippen molar-refractivity contribution in [1.29, 1.82) is 0 Å². The molecular formula is C23H21ClN2O2S. The lowest BCUT2D eigenvalue weighted by Crippen LogP contribution is -2.29. The van der Waals surface area contributed by atoms with E-state index in [1.165, 1.54) is 6.26 Å². The Kier molecular flexibility index (Phi) is 5.52. The van der Waals surface area contributed by atoms with Gasteiger partial charge >= 0.3 is 0 Å². The molecule has 1 unspecified atom stereocenters. The van der Waals surface area contributed by atoms with Crippen molar-refractivity contribution in [2.45, 2.75) is 25.3 Å². The maximum Gasteiger partial charge on any atom is 0.202 e. The SMILES string of the molecule is CC1(c2cc(CC(=O)c3ccco3)cc(-c3ccc(Cl)cc3)c2)CCSC(N)=N1. The first-order valence-electron chi connectivity index (χ1n) is 9.38. The van der Waals surface area contributed by atoms with Crippen LogP contribution < -0.4 is 5.73 Å². The summed E-state index contributed by atoms with van der Waals surface area (Å²) >= 11 is 7.64. The maximum absolute atomic E-state index is 12.6. The highest BCUT2D eigenvalue weighted by molar-refractivity contribution is 8.13. The van der Waals surface area contributed by atoms with E-state index in [2.05, 4.69) is 19.1 Å². The number of carbonyl (C=O) groups excluding carboxylic acids is 1. The van der Waals surface area contributed by atoms with E-state index in [9.17, 15) is 4.79 Å². The number of benzene rings is 2. The first kappa shape index (κ1) is 19.8. The molecule has 4 rings (SSSR count). The summed E-state index contributed by atoms with van der Waals surface area (Å²) in [4.78, 5) is 17.4. The van der Waals surface area contributed by atoms with Crippen LogP contribution in [0.5, 0.6) is 0 Å². The van der Waals surface area contributed by atoms with Gasteiger partial charge in [0.05, 0.1) is 11.8 Å². The molecule has 3 aromatic rings. The Morgan fingerprint density at radius 3 is 2.69 bits per heavy atom. The highest BCUT2D eigenvalue weighted by Crippen LogP contribution is 2.37. The predicted octanol–water partition coefficient (Wildman–Crippen LogP) is 5.69. The minimum absolute atomic E-state index is 0.0541. The van der Waals surface area contributed by atoms with Gasteiger partial charge in [-0.1, -0.05) is 47.6 Å². The lowest BCUT2D eigenvalue weighted by atomic mass is 9.85. The first-order valence-corrected chi connectivity index (χ1v) is 10.7. The summed E-state index contributed by atoms with van der Waals surface area (Å²) in [5.41, 5.74) is 9.64. The molecule has 2 heterocycles. The molecule has 6 heteroatoms. The number of amidine groups is 1. The molecule has 148 valence electrons. The molecule has 2 aromatic carbocycles. The first-order chi connectivity index (χ1) is 13.9. The lowest BCUT2D eigenvalue weighted by Gasteiger charge is -2.30. The zero-order valence-corrected chi connectivity index (χ0v) is 17.6. The van der Waals surface area contributed by atoms with Gasteiger partial charge in [-0.05, 0) is 65.9 Å². The fourth-order valence-corrected chi connectivity index (χ4v) is 4.62. The number of rotatable bonds is 5. The molecule has 1 atom stereocenters. The van der Waals surface area contributed by atoms with Crippen LogP contribution in [0.4, 0.5) is 0 Å². The molecule has 0 saturated carbocycles. The molecule has 0 fully saturated rings. The minimum Gasteiger partial charge on any atom is -0.461 e. The number of ketones is 1. The van der Waals surface area contributed by atoms with Crippen molar-refractivity contribution in [3.8, 4) is 11.1 Å². The Bertz CT molecular complexity index is 1060. The van der Waals surface area contributed by atoms with E-state index >= 15 is 0 Å². The zero-order valence-electron chi connectivity index (χ0n) is 16.0. The van der Waals surface area contributed by atoms with Crippen LogP contribution in [0.15, 0.2) is 70.3 Å². The van der Waals surface area contributed by atoms with Crippen molar-refractivity contribution in [2.24, 2.45) is 10.7 Å². The number of nitrogens with two attached hydrogens (primary N) is 1. The molecular weight excluding hydrogens is 404 g/mol. The van der Waals surface area contributed by atoms with E-state index in [1.54, 1.807) is 23.9 Å². The van der Waals surface area contributed by atoms with Gasteiger partial charge in [-0.3, -0.25) is 9.79 Å². The standard InChI is InChI=1S/C23H21ClN2O2S/c1-23(8-10-29-22(25)26-23)18-12-15(13-20(27)21-3-2-9-28-21)11-17(14-18)16-4-6-19(24)7-5-16/h2-7,9,11-12,14H,8,10,13H2,1H3,(H2,25,26). The Hall–Kier alpha value is -2.50. The fraction of sp³-hybridized carbons (Fsp3) is 0.217. The molecule has 1 aromatic heterocycles. The van der Waals surface area contributed by atoms with Gasteiger partial charge in [0.15, 0.2) is 10.9 Å². The van der Waals surface area contributed by atoms with Gasteiger partial charge < -0.3 is 10.2 Å². The number of aliphatic imine (C=N–C) groups is 1. The molecule has 0 aliphatic carbocycles. The normalized spacial score (nSPS) is 19.0. The largest absolute Gasteiger partial charge is 0.461 e.